The molecule has 1 N–H and O–H groups in total. The van der Waals surface area contributed by atoms with Gasteiger partial charge in [0.25, 0.3) is 0 Å². The molecule has 0 aliphatic carbocycles. The summed E-state index contributed by atoms with van der Waals surface area (Å²) in [5, 5.41) is 1.11. The van der Waals surface area contributed by atoms with Gasteiger partial charge >= 0.3 is 0 Å². The van der Waals surface area contributed by atoms with Gasteiger partial charge in [-0.1, -0.05) is 42.5 Å². The fraction of sp³-hybridized carbons (Fsp3) is 0.158. The van der Waals surface area contributed by atoms with Gasteiger partial charge in [-0.05, 0) is 17.2 Å². The van der Waals surface area contributed by atoms with Crippen LogP contribution in [0.3, 0.4) is 0 Å². The molecular formula is C19H17N3O. The SMILES string of the molecule is COCc1ccccc1Cc1nc2ccccc2c2[nH]cnc12. The minimum atomic E-state index is 0.605. The minimum Gasteiger partial charge on any atom is -0.380 e. The number of methoxy groups -OCH3 is 1. The molecule has 4 aromatic rings. The van der Waals surface area contributed by atoms with Crippen molar-refractivity contribution in [1.29, 1.82) is 0 Å². The molecular weight excluding hydrogens is 286 g/mol. The number of nitrogens with one attached hydrogen (secondary N) is 1. The molecule has 4 rings (SSSR count). The number of hydrogen-bond acceptors (Lipinski definition) is 3. The number of para-hydroxylation sites is 1. The molecule has 0 unspecified atom stereocenters. The Hall–Kier alpha value is -2.72. The maximum absolute atomic E-state index is 5.31. The summed E-state index contributed by atoms with van der Waals surface area (Å²) in [5.41, 5.74) is 6.38. The van der Waals surface area contributed by atoms with E-state index < -0.39 is 0 Å². The first-order valence-corrected chi connectivity index (χ1v) is 7.63. The largest absolute Gasteiger partial charge is 0.380 e. The number of imidazole rings is 1. The van der Waals surface area contributed by atoms with Gasteiger partial charge in [0, 0.05) is 18.9 Å². The molecule has 23 heavy (non-hydrogen) atoms. The van der Waals surface area contributed by atoms with Crippen LogP contribution in [0.5, 0.6) is 0 Å². The molecule has 4 nitrogen and oxygen atoms in total. The van der Waals surface area contributed by atoms with Crippen molar-refractivity contribution in [2.45, 2.75) is 13.0 Å². The van der Waals surface area contributed by atoms with E-state index in [9.17, 15) is 0 Å². The molecule has 0 saturated carbocycles. The van der Waals surface area contributed by atoms with Gasteiger partial charge in [-0.2, -0.15) is 0 Å². The Morgan fingerprint density at radius 3 is 2.65 bits per heavy atom. The van der Waals surface area contributed by atoms with Crippen LogP contribution in [-0.4, -0.2) is 22.1 Å². The van der Waals surface area contributed by atoms with Crippen LogP contribution in [0.1, 0.15) is 16.8 Å². The highest BCUT2D eigenvalue weighted by Crippen LogP contribution is 2.25. The van der Waals surface area contributed by atoms with E-state index in [0.29, 0.717) is 6.61 Å². The number of benzene rings is 2. The number of aromatic nitrogens is 3. The molecule has 0 amide bonds. The van der Waals surface area contributed by atoms with Gasteiger partial charge in [0.15, 0.2) is 0 Å². The molecule has 2 aromatic carbocycles. The summed E-state index contributed by atoms with van der Waals surface area (Å²) >= 11 is 0. The molecule has 0 radical (unpaired) electrons. The molecule has 0 atom stereocenters. The third-order valence-corrected chi connectivity index (χ3v) is 4.12. The van der Waals surface area contributed by atoms with E-state index in [0.717, 1.165) is 34.1 Å². The van der Waals surface area contributed by atoms with Gasteiger partial charge in [0.2, 0.25) is 0 Å². The molecule has 2 aromatic heterocycles. The van der Waals surface area contributed by atoms with E-state index in [1.54, 1.807) is 13.4 Å². The van der Waals surface area contributed by atoms with Crippen LogP contribution in [0, 0.1) is 0 Å². The third-order valence-electron chi connectivity index (χ3n) is 4.12. The van der Waals surface area contributed by atoms with E-state index in [1.165, 1.54) is 11.1 Å². The number of rotatable bonds is 4. The lowest BCUT2D eigenvalue weighted by atomic mass is 10.0. The number of pyridine rings is 1. The summed E-state index contributed by atoms with van der Waals surface area (Å²) < 4.78 is 5.31. The van der Waals surface area contributed by atoms with Gasteiger partial charge < -0.3 is 9.72 Å². The zero-order valence-corrected chi connectivity index (χ0v) is 12.9. The zero-order valence-electron chi connectivity index (χ0n) is 12.9. The standard InChI is InChI=1S/C19H17N3O/c1-23-11-14-7-3-2-6-13(14)10-17-19-18(20-12-21-19)15-8-4-5-9-16(15)22-17/h2-9,12H,10-11H2,1H3,(H,20,21). The van der Waals surface area contributed by atoms with E-state index in [1.807, 2.05) is 24.3 Å². The third kappa shape index (κ3) is 2.47. The highest BCUT2D eigenvalue weighted by atomic mass is 16.5. The van der Waals surface area contributed by atoms with Crippen molar-refractivity contribution >= 4 is 21.9 Å². The summed E-state index contributed by atoms with van der Waals surface area (Å²) in [4.78, 5) is 12.6. The van der Waals surface area contributed by atoms with Crippen molar-refractivity contribution in [2.75, 3.05) is 7.11 Å². The monoisotopic (exact) mass is 303 g/mol. The second-order valence-electron chi connectivity index (χ2n) is 5.58. The highest BCUT2D eigenvalue weighted by molar-refractivity contribution is 6.02. The van der Waals surface area contributed by atoms with E-state index in [-0.39, 0.29) is 0 Å². The fourth-order valence-electron chi connectivity index (χ4n) is 3.03. The number of H-pyrrole nitrogens is 1. The van der Waals surface area contributed by atoms with Crippen molar-refractivity contribution in [3.8, 4) is 0 Å². The lowest BCUT2D eigenvalue weighted by Crippen LogP contribution is -2.00. The van der Waals surface area contributed by atoms with Crippen LogP contribution < -0.4 is 0 Å². The van der Waals surface area contributed by atoms with Crippen LogP contribution in [0.25, 0.3) is 21.9 Å². The van der Waals surface area contributed by atoms with Crippen molar-refractivity contribution in [3.05, 3.63) is 71.7 Å². The summed E-state index contributed by atoms with van der Waals surface area (Å²) in [6.07, 6.45) is 2.48. The molecule has 0 saturated heterocycles. The van der Waals surface area contributed by atoms with Gasteiger partial charge in [0.05, 0.1) is 29.7 Å². The average Bonchev–Trinajstić information content (AvgIpc) is 3.07. The summed E-state index contributed by atoms with van der Waals surface area (Å²) in [7, 11) is 1.72. The van der Waals surface area contributed by atoms with Gasteiger partial charge in [-0.25, -0.2) is 4.98 Å². The Bertz CT molecular complexity index is 975. The van der Waals surface area contributed by atoms with Crippen molar-refractivity contribution < 1.29 is 4.74 Å². The molecule has 4 heteroatoms. The van der Waals surface area contributed by atoms with Crippen LogP contribution in [0.2, 0.25) is 0 Å². The van der Waals surface area contributed by atoms with Crippen LogP contribution in [0.4, 0.5) is 0 Å². The average molecular weight is 303 g/mol. The summed E-state index contributed by atoms with van der Waals surface area (Å²) in [6.45, 7) is 0.605. The topological polar surface area (TPSA) is 50.8 Å². The molecule has 0 fully saturated rings. The molecule has 0 bridgehead atoms. The van der Waals surface area contributed by atoms with E-state index in [2.05, 4.69) is 34.2 Å². The number of fused-ring (bicyclic) bond motifs is 3. The van der Waals surface area contributed by atoms with Crippen molar-refractivity contribution in [2.24, 2.45) is 0 Å². The van der Waals surface area contributed by atoms with Crippen LogP contribution >= 0.6 is 0 Å². The first-order valence-electron chi connectivity index (χ1n) is 7.63. The normalized spacial score (nSPS) is 11.3. The summed E-state index contributed by atoms with van der Waals surface area (Å²) in [6, 6.07) is 16.5. The maximum atomic E-state index is 5.31. The van der Waals surface area contributed by atoms with Crippen molar-refractivity contribution in [3.63, 3.8) is 0 Å². The maximum Gasteiger partial charge on any atom is 0.111 e. The Balaban J connectivity index is 1.87. The lowest BCUT2D eigenvalue weighted by Gasteiger charge is -2.10. The summed E-state index contributed by atoms with van der Waals surface area (Å²) in [5.74, 6) is 0. The molecule has 0 aliphatic rings. The predicted octanol–water partition coefficient (Wildman–Crippen LogP) is 3.85. The number of aromatic amines is 1. The van der Waals surface area contributed by atoms with Crippen molar-refractivity contribution in [1.82, 2.24) is 15.0 Å². The second-order valence-corrected chi connectivity index (χ2v) is 5.58. The first kappa shape index (κ1) is 13.9. The molecule has 114 valence electrons. The van der Waals surface area contributed by atoms with Gasteiger partial charge in [-0.15, -0.1) is 0 Å². The fourth-order valence-corrected chi connectivity index (χ4v) is 3.03. The Labute approximate surface area is 134 Å². The van der Waals surface area contributed by atoms with Gasteiger partial charge in [-0.3, -0.25) is 4.98 Å². The van der Waals surface area contributed by atoms with E-state index >= 15 is 0 Å². The highest BCUT2D eigenvalue weighted by Gasteiger charge is 2.12. The number of hydrogen-bond donors (Lipinski definition) is 1. The van der Waals surface area contributed by atoms with Crippen LogP contribution in [0.15, 0.2) is 54.9 Å². The quantitative estimate of drug-likeness (QED) is 0.623. The first-order chi connectivity index (χ1) is 11.4. The zero-order chi connectivity index (χ0) is 15.6. The number of ether oxygens (including phenoxy) is 1. The number of nitrogens with zero attached hydrogens (tertiary/aromatic N) is 2. The van der Waals surface area contributed by atoms with E-state index in [4.69, 9.17) is 9.72 Å². The van der Waals surface area contributed by atoms with Crippen LogP contribution in [-0.2, 0) is 17.8 Å². The minimum absolute atomic E-state index is 0.605. The lowest BCUT2D eigenvalue weighted by molar-refractivity contribution is 0.184. The Morgan fingerprint density at radius 2 is 1.78 bits per heavy atom. The Kier molecular flexibility index (Phi) is 3.52. The predicted molar refractivity (Wildman–Crippen MR) is 91.4 cm³/mol. The second kappa shape index (κ2) is 5.82. The smallest absolute Gasteiger partial charge is 0.111 e. The molecule has 0 spiro atoms. The Morgan fingerprint density at radius 1 is 1.00 bits per heavy atom. The molecule has 2 heterocycles. The van der Waals surface area contributed by atoms with Gasteiger partial charge in [0.1, 0.15) is 5.52 Å². The molecule has 0 aliphatic heterocycles.